The van der Waals surface area contributed by atoms with E-state index in [4.69, 9.17) is 4.74 Å². The Kier molecular flexibility index (Phi) is 6.44. The molecule has 4 rings (SSSR count). The van der Waals surface area contributed by atoms with Gasteiger partial charge in [0.1, 0.15) is 12.1 Å². The van der Waals surface area contributed by atoms with E-state index in [2.05, 4.69) is 10.6 Å². The number of carbonyl (C=O) groups excluding carboxylic acids is 4. The minimum atomic E-state index is -0.995. The SMILES string of the molecule is CCCCOC(=O)c1ccc(NC(=O)CN2C(=O)NC3(CCc4ccccc4C3)C2=O)cc1. The van der Waals surface area contributed by atoms with Crippen LogP contribution in [0.5, 0.6) is 0 Å². The Labute approximate surface area is 192 Å². The van der Waals surface area contributed by atoms with Crippen LogP contribution in [0.2, 0.25) is 0 Å². The van der Waals surface area contributed by atoms with Crippen molar-refractivity contribution in [3.05, 3.63) is 65.2 Å². The average molecular weight is 450 g/mol. The summed E-state index contributed by atoms with van der Waals surface area (Å²) in [5, 5.41) is 5.50. The number of ether oxygens (including phenoxy) is 1. The van der Waals surface area contributed by atoms with E-state index in [1.54, 1.807) is 24.3 Å². The van der Waals surface area contributed by atoms with E-state index in [1.807, 2.05) is 31.2 Å². The number of anilines is 1. The summed E-state index contributed by atoms with van der Waals surface area (Å²) in [6.45, 7) is 2.00. The van der Waals surface area contributed by atoms with Crippen LogP contribution in [-0.4, -0.2) is 47.4 Å². The summed E-state index contributed by atoms with van der Waals surface area (Å²) in [6.07, 6.45) is 3.35. The lowest BCUT2D eigenvalue weighted by atomic mass is 9.78. The Morgan fingerprint density at radius 3 is 2.55 bits per heavy atom. The van der Waals surface area contributed by atoms with Crippen LogP contribution in [0.4, 0.5) is 10.5 Å². The molecule has 4 amide bonds. The topological polar surface area (TPSA) is 105 Å². The molecule has 33 heavy (non-hydrogen) atoms. The number of aryl methyl sites for hydroxylation is 1. The Balaban J connectivity index is 1.36. The molecule has 1 atom stereocenters. The molecular weight excluding hydrogens is 422 g/mol. The second-order valence-electron chi connectivity index (χ2n) is 8.46. The molecule has 1 saturated heterocycles. The molecule has 0 aromatic heterocycles. The zero-order valence-electron chi connectivity index (χ0n) is 18.6. The van der Waals surface area contributed by atoms with Crippen molar-refractivity contribution in [2.24, 2.45) is 0 Å². The van der Waals surface area contributed by atoms with E-state index < -0.39 is 23.4 Å². The number of carbonyl (C=O) groups is 4. The van der Waals surface area contributed by atoms with Crippen molar-refractivity contribution in [1.29, 1.82) is 0 Å². The highest BCUT2D eigenvalue weighted by molar-refractivity contribution is 6.10. The maximum absolute atomic E-state index is 13.1. The molecule has 0 saturated carbocycles. The largest absolute Gasteiger partial charge is 0.462 e. The third-order valence-electron chi connectivity index (χ3n) is 6.11. The van der Waals surface area contributed by atoms with Gasteiger partial charge in [0.05, 0.1) is 12.2 Å². The predicted molar refractivity (Wildman–Crippen MR) is 122 cm³/mol. The monoisotopic (exact) mass is 449 g/mol. The molecule has 2 N–H and O–H groups in total. The van der Waals surface area contributed by atoms with E-state index in [-0.39, 0.29) is 12.5 Å². The molecule has 2 aromatic carbocycles. The lowest BCUT2D eigenvalue weighted by molar-refractivity contribution is -0.134. The van der Waals surface area contributed by atoms with Crippen molar-refractivity contribution in [3.8, 4) is 0 Å². The minimum Gasteiger partial charge on any atom is -0.462 e. The number of nitrogens with one attached hydrogen (secondary N) is 2. The van der Waals surface area contributed by atoms with Gasteiger partial charge in [0.2, 0.25) is 5.91 Å². The van der Waals surface area contributed by atoms with Crippen molar-refractivity contribution >= 4 is 29.5 Å². The zero-order chi connectivity index (χ0) is 23.4. The van der Waals surface area contributed by atoms with Gasteiger partial charge in [0, 0.05) is 12.1 Å². The van der Waals surface area contributed by atoms with Crippen LogP contribution in [0.1, 0.15) is 47.7 Å². The molecule has 2 aromatic rings. The van der Waals surface area contributed by atoms with Crippen LogP contribution in [0.15, 0.2) is 48.5 Å². The summed E-state index contributed by atoms with van der Waals surface area (Å²) in [5.74, 6) is -1.28. The second-order valence-corrected chi connectivity index (χ2v) is 8.46. The molecule has 1 aliphatic heterocycles. The van der Waals surface area contributed by atoms with E-state index in [9.17, 15) is 19.2 Å². The van der Waals surface area contributed by atoms with Gasteiger partial charge in [-0.05, 0) is 54.7 Å². The molecule has 8 nitrogen and oxygen atoms in total. The lowest BCUT2D eigenvalue weighted by Gasteiger charge is -2.32. The van der Waals surface area contributed by atoms with Crippen LogP contribution in [-0.2, 0) is 27.2 Å². The number of hydrogen-bond donors (Lipinski definition) is 2. The first kappa shape index (κ1) is 22.5. The molecule has 0 bridgehead atoms. The van der Waals surface area contributed by atoms with E-state index in [1.165, 1.54) is 5.56 Å². The van der Waals surface area contributed by atoms with Crippen LogP contribution in [0, 0.1) is 0 Å². The molecule has 2 aliphatic rings. The van der Waals surface area contributed by atoms with Crippen molar-refractivity contribution in [3.63, 3.8) is 0 Å². The minimum absolute atomic E-state index is 0.368. The third-order valence-corrected chi connectivity index (χ3v) is 6.11. The van der Waals surface area contributed by atoms with Gasteiger partial charge >= 0.3 is 12.0 Å². The molecular formula is C25H27N3O5. The van der Waals surface area contributed by atoms with Crippen molar-refractivity contribution in [1.82, 2.24) is 10.2 Å². The fraction of sp³-hybridized carbons (Fsp3) is 0.360. The van der Waals surface area contributed by atoms with Gasteiger partial charge < -0.3 is 15.4 Å². The highest BCUT2D eigenvalue weighted by atomic mass is 16.5. The number of rotatable bonds is 7. The van der Waals surface area contributed by atoms with Gasteiger partial charge in [-0.25, -0.2) is 9.59 Å². The van der Waals surface area contributed by atoms with Crippen molar-refractivity contribution in [2.75, 3.05) is 18.5 Å². The molecule has 1 heterocycles. The number of esters is 1. The summed E-state index contributed by atoms with van der Waals surface area (Å²) in [4.78, 5) is 51.2. The summed E-state index contributed by atoms with van der Waals surface area (Å²) in [6, 6.07) is 13.6. The highest BCUT2D eigenvalue weighted by Crippen LogP contribution is 2.33. The van der Waals surface area contributed by atoms with Crippen LogP contribution < -0.4 is 10.6 Å². The highest BCUT2D eigenvalue weighted by Gasteiger charge is 2.52. The van der Waals surface area contributed by atoms with Crippen LogP contribution in [0.25, 0.3) is 0 Å². The normalized spacial score (nSPS) is 19.2. The summed E-state index contributed by atoms with van der Waals surface area (Å²) in [5.41, 5.74) is 2.07. The van der Waals surface area contributed by atoms with Crippen molar-refractivity contribution in [2.45, 2.75) is 44.6 Å². The van der Waals surface area contributed by atoms with Crippen molar-refractivity contribution < 1.29 is 23.9 Å². The average Bonchev–Trinajstić information content (AvgIpc) is 3.03. The number of nitrogens with zero attached hydrogens (tertiary/aromatic N) is 1. The molecule has 1 aliphatic carbocycles. The first-order chi connectivity index (χ1) is 15.9. The molecule has 172 valence electrons. The van der Waals surface area contributed by atoms with Gasteiger partial charge in [-0.3, -0.25) is 14.5 Å². The number of fused-ring (bicyclic) bond motifs is 1. The number of urea groups is 1. The Hall–Kier alpha value is -3.68. The first-order valence-corrected chi connectivity index (χ1v) is 11.2. The maximum Gasteiger partial charge on any atom is 0.338 e. The first-order valence-electron chi connectivity index (χ1n) is 11.2. The lowest BCUT2D eigenvalue weighted by Crippen LogP contribution is -2.51. The Morgan fingerprint density at radius 1 is 1.09 bits per heavy atom. The van der Waals surface area contributed by atoms with E-state index in [0.717, 1.165) is 23.3 Å². The summed E-state index contributed by atoms with van der Waals surface area (Å²) in [7, 11) is 0. The van der Waals surface area contributed by atoms with E-state index in [0.29, 0.717) is 37.1 Å². The fourth-order valence-electron chi connectivity index (χ4n) is 4.27. The molecule has 1 spiro atoms. The quantitative estimate of drug-likeness (QED) is 0.384. The number of unbranched alkanes of at least 4 members (excludes halogenated alkanes) is 1. The zero-order valence-corrected chi connectivity index (χ0v) is 18.6. The second kappa shape index (κ2) is 9.44. The molecule has 0 radical (unpaired) electrons. The number of benzene rings is 2. The standard InChI is InChI=1S/C25H27N3O5/c1-2-3-14-33-22(30)18-8-10-20(11-9-18)26-21(29)16-28-23(31)25(27-24(28)32)13-12-17-6-4-5-7-19(17)15-25/h4-11H,2-3,12-16H2,1H3,(H,26,29)(H,27,32). The predicted octanol–water partition coefficient (Wildman–Crippen LogP) is 3.06. The number of amides is 4. The smallest absolute Gasteiger partial charge is 0.338 e. The number of hydrogen-bond acceptors (Lipinski definition) is 5. The number of imide groups is 1. The van der Waals surface area contributed by atoms with Gasteiger partial charge in [0.25, 0.3) is 5.91 Å². The van der Waals surface area contributed by atoms with Gasteiger partial charge in [-0.1, -0.05) is 37.6 Å². The third kappa shape index (κ3) is 4.74. The molecule has 8 heteroatoms. The van der Waals surface area contributed by atoms with Gasteiger partial charge in [-0.15, -0.1) is 0 Å². The summed E-state index contributed by atoms with van der Waals surface area (Å²) < 4.78 is 5.16. The fourth-order valence-corrected chi connectivity index (χ4v) is 4.27. The van der Waals surface area contributed by atoms with E-state index >= 15 is 0 Å². The van der Waals surface area contributed by atoms with Crippen LogP contribution in [0.3, 0.4) is 0 Å². The molecule has 1 fully saturated rings. The molecule has 1 unspecified atom stereocenters. The Bertz CT molecular complexity index is 1080. The van der Waals surface area contributed by atoms with Gasteiger partial charge in [-0.2, -0.15) is 0 Å². The Morgan fingerprint density at radius 2 is 1.82 bits per heavy atom. The maximum atomic E-state index is 13.1. The van der Waals surface area contributed by atoms with Gasteiger partial charge in [0.15, 0.2) is 0 Å². The van der Waals surface area contributed by atoms with Crippen LogP contribution >= 0.6 is 0 Å². The summed E-state index contributed by atoms with van der Waals surface area (Å²) >= 11 is 0.